The average Bonchev–Trinajstić information content (AvgIpc) is 3.55. The van der Waals surface area contributed by atoms with Crippen LogP contribution < -0.4 is 10.2 Å². The van der Waals surface area contributed by atoms with Gasteiger partial charge in [0.2, 0.25) is 5.91 Å². The fourth-order valence-corrected chi connectivity index (χ4v) is 3.87. The SMILES string of the molecule is C[C@@H](NC(=O)c1ccc(F)cc1)c1ccc2c(n1)CCCN2C(=O)C1(C(F)(F)F)CC1. The van der Waals surface area contributed by atoms with E-state index in [4.69, 9.17) is 0 Å². The van der Waals surface area contributed by atoms with Gasteiger partial charge in [0.05, 0.1) is 23.1 Å². The molecular weight excluding hydrogens is 414 g/mol. The van der Waals surface area contributed by atoms with Crippen LogP contribution in [-0.4, -0.2) is 29.5 Å². The van der Waals surface area contributed by atoms with Crippen molar-refractivity contribution in [3.8, 4) is 0 Å². The molecule has 2 heterocycles. The number of aromatic nitrogens is 1. The zero-order valence-corrected chi connectivity index (χ0v) is 16.8. The second kappa shape index (κ2) is 7.62. The molecule has 0 radical (unpaired) electrons. The number of nitrogens with one attached hydrogen (secondary N) is 1. The first-order valence-electron chi connectivity index (χ1n) is 10.1. The number of hydrogen-bond acceptors (Lipinski definition) is 3. The lowest BCUT2D eigenvalue weighted by atomic mass is 10.00. The maximum atomic E-state index is 13.4. The molecule has 1 aromatic heterocycles. The van der Waals surface area contributed by atoms with Gasteiger partial charge >= 0.3 is 6.18 Å². The van der Waals surface area contributed by atoms with Crippen LogP contribution in [0.4, 0.5) is 23.2 Å². The monoisotopic (exact) mass is 435 g/mol. The van der Waals surface area contributed by atoms with Crippen LogP contribution in [0.5, 0.6) is 0 Å². The van der Waals surface area contributed by atoms with E-state index in [1.54, 1.807) is 19.1 Å². The Balaban J connectivity index is 1.52. The number of amides is 2. The van der Waals surface area contributed by atoms with Gasteiger partial charge in [-0.15, -0.1) is 0 Å². The standard InChI is InChI=1S/C22H21F4N3O2/c1-13(27-19(30)14-4-6-15(23)7-5-14)16-8-9-18-17(28-16)3-2-12-29(18)20(31)21(10-11-21)22(24,25)26/h4-9,13H,2-3,10-12H2,1H3,(H,27,30)/t13-/m1/s1. The smallest absolute Gasteiger partial charge is 0.344 e. The zero-order valence-electron chi connectivity index (χ0n) is 16.8. The Morgan fingerprint density at radius 3 is 2.42 bits per heavy atom. The molecule has 0 unspecified atom stereocenters. The molecule has 1 aromatic carbocycles. The molecule has 1 saturated carbocycles. The van der Waals surface area contributed by atoms with E-state index >= 15 is 0 Å². The van der Waals surface area contributed by atoms with Gasteiger partial charge in [-0.2, -0.15) is 13.2 Å². The number of carbonyl (C=O) groups excluding carboxylic acids is 2. The lowest BCUT2D eigenvalue weighted by molar-refractivity contribution is -0.190. The summed E-state index contributed by atoms with van der Waals surface area (Å²) in [5.74, 6) is -1.75. The van der Waals surface area contributed by atoms with Crippen molar-refractivity contribution in [3.63, 3.8) is 0 Å². The molecule has 1 N–H and O–H groups in total. The van der Waals surface area contributed by atoms with Gasteiger partial charge in [-0.3, -0.25) is 14.6 Å². The fourth-order valence-electron chi connectivity index (χ4n) is 3.87. The van der Waals surface area contributed by atoms with Crippen molar-refractivity contribution in [2.75, 3.05) is 11.4 Å². The minimum absolute atomic E-state index is 0.181. The molecule has 5 nitrogen and oxygen atoms in total. The highest BCUT2D eigenvalue weighted by atomic mass is 19.4. The quantitative estimate of drug-likeness (QED) is 0.727. The Labute approximate surface area is 176 Å². The summed E-state index contributed by atoms with van der Waals surface area (Å²) in [6, 6.07) is 7.84. The van der Waals surface area contributed by atoms with Crippen LogP contribution in [-0.2, 0) is 11.2 Å². The molecule has 1 atom stereocenters. The van der Waals surface area contributed by atoms with Crippen molar-refractivity contribution >= 4 is 17.5 Å². The van der Waals surface area contributed by atoms with Gasteiger partial charge in [-0.1, -0.05) is 0 Å². The molecule has 0 saturated heterocycles. The molecule has 1 fully saturated rings. The predicted octanol–water partition coefficient (Wildman–Crippen LogP) is 4.33. The summed E-state index contributed by atoms with van der Waals surface area (Å²) >= 11 is 0. The Morgan fingerprint density at radius 1 is 1.13 bits per heavy atom. The molecular formula is C22H21F4N3O2. The van der Waals surface area contributed by atoms with Gasteiger partial charge in [0, 0.05) is 12.1 Å². The van der Waals surface area contributed by atoms with E-state index in [9.17, 15) is 27.2 Å². The second-order valence-corrected chi connectivity index (χ2v) is 8.04. The van der Waals surface area contributed by atoms with E-state index in [0.717, 1.165) is 0 Å². The molecule has 1 aliphatic carbocycles. The summed E-state index contributed by atoms with van der Waals surface area (Å²) in [6.07, 6.45) is -3.88. The zero-order chi connectivity index (χ0) is 22.4. The lowest BCUT2D eigenvalue weighted by Crippen LogP contribution is -2.46. The first-order valence-corrected chi connectivity index (χ1v) is 10.1. The summed E-state index contributed by atoms with van der Waals surface area (Å²) in [5.41, 5.74) is -0.507. The maximum absolute atomic E-state index is 13.4. The summed E-state index contributed by atoms with van der Waals surface area (Å²) in [4.78, 5) is 30.8. The van der Waals surface area contributed by atoms with Crippen molar-refractivity contribution < 1.29 is 27.2 Å². The number of alkyl halides is 3. The highest BCUT2D eigenvalue weighted by Crippen LogP contribution is 2.59. The molecule has 4 rings (SSSR count). The number of pyridine rings is 1. The molecule has 2 aromatic rings. The van der Waals surface area contributed by atoms with Crippen LogP contribution in [0, 0.1) is 11.2 Å². The third-order valence-electron chi connectivity index (χ3n) is 5.90. The van der Waals surface area contributed by atoms with Crippen molar-refractivity contribution in [2.45, 2.75) is 44.8 Å². The normalized spacial score (nSPS) is 18.2. The van der Waals surface area contributed by atoms with Crippen LogP contribution in [0.15, 0.2) is 36.4 Å². The van der Waals surface area contributed by atoms with Crippen LogP contribution in [0.2, 0.25) is 0 Å². The highest BCUT2D eigenvalue weighted by molar-refractivity contribution is 6.00. The summed E-state index contributed by atoms with van der Waals surface area (Å²) < 4.78 is 53.3. The Morgan fingerprint density at radius 2 is 1.81 bits per heavy atom. The van der Waals surface area contributed by atoms with Crippen molar-refractivity contribution in [2.24, 2.45) is 5.41 Å². The van der Waals surface area contributed by atoms with Crippen LogP contribution >= 0.6 is 0 Å². The Kier molecular flexibility index (Phi) is 5.23. The fraction of sp³-hybridized carbons (Fsp3) is 0.409. The van der Waals surface area contributed by atoms with Gasteiger partial charge in [0.15, 0.2) is 0 Å². The molecule has 1 aliphatic heterocycles. The van der Waals surface area contributed by atoms with Gasteiger partial charge in [-0.25, -0.2) is 4.39 Å². The number of hydrogen-bond donors (Lipinski definition) is 1. The van der Waals surface area contributed by atoms with E-state index in [2.05, 4.69) is 10.3 Å². The number of fused-ring (bicyclic) bond motifs is 1. The molecule has 2 aliphatic rings. The van der Waals surface area contributed by atoms with E-state index in [-0.39, 0.29) is 19.4 Å². The van der Waals surface area contributed by atoms with Crippen LogP contribution in [0.25, 0.3) is 0 Å². The Hall–Kier alpha value is -2.97. The average molecular weight is 435 g/mol. The number of rotatable bonds is 4. The topological polar surface area (TPSA) is 62.3 Å². The number of nitrogens with zero attached hydrogens (tertiary/aromatic N) is 2. The molecule has 2 amide bonds. The summed E-state index contributed by atoms with van der Waals surface area (Å²) in [7, 11) is 0. The minimum Gasteiger partial charge on any atom is -0.344 e. The third kappa shape index (κ3) is 3.88. The molecule has 0 spiro atoms. The third-order valence-corrected chi connectivity index (χ3v) is 5.90. The largest absolute Gasteiger partial charge is 0.403 e. The Bertz CT molecular complexity index is 1020. The molecule has 164 valence electrons. The number of benzene rings is 1. The van der Waals surface area contributed by atoms with Crippen molar-refractivity contribution in [3.05, 3.63) is 59.2 Å². The van der Waals surface area contributed by atoms with Gasteiger partial charge in [0.1, 0.15) is 11.2 Å². The number of halogens is 4. The highest BCUT2D eigenvalue weighted by Gasteiger charge is 2.69. The van der Waals surface area contributed by atoms with E-state index < -0.39 is 35.3 Å². The maximum Gasteiger partial charge on any atom is 0.403 e. The first-order chi connectivity index (χ1) is 14.6. The summed E-state index contributed by atoms with van der Waals surface area (Å²) in [5, 5.41) is 2.77. The number of anilines is 1. The first kappa shape index (κ1) is 21.3. The van der Waals surface area contributed by atoms with Crippen LogP contribution in [0.1, 0.15) is 54.0 Å². The van der Waals surface area contributed by atoms with Crippen molar-refractivity contribution in [1.29, 1.82) is 0 Å². The molecule has 9 heteroatoms. The number of aryl methyl sites for hydroxylation is 1. The predicted molar refractivity (Wildman–Crippen MR) is 105 cm³/mol. The molecule has 31 heavy (non-hydrogen) atoms. The van der Waals surface area contributed by atoms with Gasteiger partial charge in [-0.05, 0) is 69.0 Å². The number of carbonyl (C=O) groups is 2. The van der Waals surface area contributed by atoms with Gasteiger partial charge in [0.25, 0.3) is 5.91 Å². The van der Waals surface area contributed by atoms with Crippen molar-refractivity contribution in [1.82, 2.24) is 10.3 Å². The minimum atomic E-state index is -4.56. The van der Waals surface area contributed by atoms with E-state index in [0.29, 0.717) is 35.5 Å². The van der Waals surface area contributed by atoms with E-state index in [1.807, 2.05) is 0 Å². The van der Waals surface area contributed by atoms with Gasteiger partial charge < -0.3 is 10.2 Å². The van der Waals surface area contributed by atoms with E-state index in [1.165, 1.54) is 29.2 Å². The lowest BCUT2D eigenvalue weighted by Gasteiger charge is -2.33. The molecule has 0 bridgehead atoms. The van der Waals surface area contributed by atoms with Crippen LogP contribution in [0.3, 0.4) is 0 Å². The second-order valence-electron chi connectivity index (χ2n) is 8.04. The summed E-state index contributed by atoms with van der Waals surface area (Å²) in [6.45, 7) is 1.95.